The minimum Gasteiger partial charge on any atom is -0.423 e. The van der Waals surface area contributed by atoms with E-state index in [4.69, 9.17) is 9.92 Å². The lowest BCUT2D eigenvalue weighted by molar-refractivity contribution is 0.275. The Morgan fingerprint density at radius 3 is 2.95 bits per heavy atom. The van der Waals surface area contributed by atoms with Crippen LogP contribution in [0.15, 0.2) is 36.4 Å². The number of nitrogens with zero attached hydrogens (tertiary/aromatic N) is 1. The lowest BCUT2D eigenvalue weighted by atomic mass is 9.78. The van der Waals surface area contributed by atoms with Gasteiger partial charge in [-0.25, -0.2) is 4.39 Å². The second-order valence-corrected chi connectivity index (χ2v) is 4.39. The fourth-order valence-electron chi connectivity index (χ4n) is 2.22. The average molecular weight is 253 g/mol. The molecule has 0 saturated heterocycles. The zero-order chi connectivity index (χ0) is 13.4. The highest BCUT2D eigenvalue weighted by atomic mass is 19.1. The van der Waals surface area contributed by atoms with E-state index < -0.39 is 7.12 Å². The molecular weight excluding hydrogens is 244 g/mol. The molecule has 0 aromatic heterocycles. The summed E-state index contributed by atoms with van der Waals surface area (Å²) in [4.78, 5) is 0. The Morgan fingerprint density at radius 1 is 1.32 bits per heavy atom. The largest absolute Gasteiger partial charge is 0.491 e. The Bertz CT molecular complexity index is 696. The maximum atomic E-state index is 14.1. The van der Waals surface area contributed by atoms with Crippen LogP contribution in [0.3, 0.4) is 0 Å². The number of hydrogen-bond acceptors (Lipinski definition) is 3. The molecule has 3 nitrogen and oxygen atoms in total. The van der Waals surface area contributed by atoms with E-state index in [9.17, 15) is 9.41 Å². The number of fused-ring (bicyclic) bond motifs is 1. The summed E-state index contributed by atoms with van der Waals surface area (Å²) in [5, 5.41) is 18.5. The molecule has 0 fully saturated rings. The number of nitriles is 1. The van der Waals surface area contributed by atoms with Gasteiger partial charge in [0, 0.05) is 5.56 Å². The van der Waals surface area contributed by atoms with Crippen LogP contribution in [0, 0.1) is 17.1 Å². The summed E-state index contributed by atoms with van der Waals surface area (Å²) in [6.07, 6.45) is 0. The molecule has 0 amide bonds. The van der Waals surface area contributed by atoms with Gasteiger partial charge in [-0.3, -0.25) is 0 Å². The van der Waals surface area contributed by atoms with Gasteiger partial charge in [-0.05, 0) is 34.8 Å². The molecule has 0 spiro atoms. The Labute approximate surface area is 110 Å². The van der Waals surface area contributed by atoms with Crippen molar-refractivity contribution in [3.05, 3.63) is 53.3 Å². The Hall–Kier alpha value is -2.16. The van der Waals surface area contributed by atoms with E-state index in [1.165, 1.54) is 6.07 Å². The quantitative estimate of drug-likeness (QED) is 0.785. The third-order valence-electron chi connectivity index (χ3n) is 3.19. The van der Waals surface area contributed by atoms with E-state index in [-0.39, 0.29) is 12.4 Å². The minimum absolute atomic E-state index is 0.214. The SMILES string of the molecule is N#Cc1cccc(-c2cc3c(cc2F)COB3O)c1. The van der Waals surface area contributed by atoms with E-state index in [1.54, 1.807) is 30.3 Å². The highest BCUT2D eigenvalue weighted by Crippen LogP contribution is 2.25. The molecule has 0 unspecified atom stereocenters. The van der Waals surface area contributed by atoms with E-state index in [2.05, 4.69) is 0 Å². The molecule has 2 aromatic carbocycles. The van der Waals surface area contributed by atoms with Gasteiger partial charge in [0.25, 0.3) is 0 Å². The first-order valence-corrected chi connectivity index (χ1v) is 5.81. The van der Waals surface area contributed by atoms with Crippen LogP contribution in [-0.4, -0.2) is 12.1 Å². The smallest absolute Gasteiger partial charge is 0.423 e. The number of benzene rings is 2. The molecule has 0 radical (unpaired) electrons. The second-order valence-electron chi connectivity index (χ2n) is 4.39. The van der Waals surface area contributed by atoms with Crippen molar-refractivity contribution in [3.63, 3.8) is 0 Å². The summed E-state index contributed by atoms with van der Waals surface area (Å²) in [6, 6.07) is 11.7. The fourth-order valence-corrected chi connectivity index (χ4v) is 2.22. The van der Waals surface area contributed by atoms with Crippen LogP contribution in [-0.2, 0) is 11.3 Å². The highest BCUT2D eigenvalue weighted by molar-refractivity contribution is 6.61. The van der Waals surface area contributed by atoms with E-state index in [0.717, 1.165) is 0 Å². The van der Waals surface area contributed by atoms with Gasteiger partial charge in [0.1, 0.15) is 5.82 Å². The van der Waals surface area contributed by atoms with Gasteiger partial charge >= 0.3 is 7.12 Å². The van der Waals surface area contributed by atoms with Crippen LogP contribution in [0.1, 0.15) is 11.1 Å². The van der Waals surface area contributed by atoms with Gasteiger partial charge in [-0.15, -0.1) is 0 Å². The van der Waals surface area contributed by atoms with Crippen LogP contribution in [0.4, 0.5) is 4.39 Å². The topological polar surface area (TPSA) is 53.2 Å². The molecule has 1 N–H and O–H groups in total. The molecule has 0 atom stereocenters. The summed E-state index contributed by atoms with van der Waals surface area (Å²) in [5.74, 6) is -0.383. The summed E-state index contributed by atoms with van der Waals surface area (Å²) in [6.45, 7) is 0.214. The molecule has 92 valence electrons. The Balaban J connectivity index is 2.15. The first-order valence-electron chi connectivity index (χ1n) is 5.81. The van der Waals surface area contributed by atoms with Crippen LogP contribution in [0.2, 0.25) is 0 Å². The molecular formula is C14H9BFNO2. The Kier molecular flexibility index (Phi) is 2.82. The predicted molar refractivity (Wildman–Crippen MR) is 68.9 cm³/mol. The second kappa shape index (κ2) is 4.50. The molecule has 0 bridgehead atoms. The summed E-state index contributed by atoms with van der Waals surface area (Å²) in [5.41, 5.74) is 2.68. The van der Waals surface area contributed by atoms with Gasteiger partial charge in [0.05, 0.1) is 18.2 Å². The van der Waals surface area contributed by atoms with Crippen LogP contribution < -0.4 is 5.46 Å². The average Bonchev–Trinajstić information content (AvgIpc) is 2.79. The van der Waals surface area contributed by atoms with E-state index >= 15 is 0 Å². The van der Waals surface area contributed by atoms with Crippen molar-refractivity contribution < 1.29 is 14.1 Å². The van der Waals surface area contributed by atoms with Gasteiger partial charge < -0.3 is 9.68 Å². The molecule has 1 aliphatic heterocycles. The Morgan fingerprint density at radius 2 is 2.16 bits per heavy atom. The maximum Gasteiger partial charge on any atom is 0.491 e. The first-order chi connectivity index (χ1) is 9.19. The molecule has 0 saturated carbocycles. The summed E-state index contributed by atoms with van der Waals surface area (Å²) >= 11 is 0. The highest BCUT2D eigenvalue weighted by Gasteiger charge is 2.28. The predicted octanol–water partition coefficient (Wildman–Crippen LogP) is 1.58. The summed E-state index contributed by atoms with van der Waals surface area (Å²) in [7, 11) is -1.01. The normalized spacial score (nSPS) is 13.2. The van der Waals surface area contributed by atoms with Crippen molar-refractivity contribution in [2.24, 2.45) is 0 Å². The number of halogens is 1. The van der Waals surface area contributed by atoms with Crippen molar-refractivity contribution in [2.45, 2.75) is 6.61 Å². The van der Waals surface area contributed by atoms with E-state index in [1.807, 2.05) is 6.07 Å². The van der Waals surface area contributed by atoms with Crippen LogP contribution in [0.5, 0.6) is 0 Å². The van der Waals surface area contributed by atoms with Crippen molar-refractivity contribution in [1.82, 2.24) is 0 Å². The minimum atomic E-state index is -1.01. The number of rotatable bonds is 1. The summed E-state index contributed by atoms with van der Waals surface area (Å²) < 4.78 is 19.1. The molecule has 2 aromatic rings. The fraction of sp³-hybridized carbons (Fsp3) is 0.0714. The monoisotopic (exact) mass is 253 g/mol. The first kappa shape index (κ1) is 11.9. The lowest BCUT2D eigenvalue weighted by Crippen LogP contribution is -2.28. The van der Waals surface area contributed by atoms with Gasteiger partial charge in [-0.1, -0.05) is 18.2 Å². The van der Waals surface area contributed by atoms with Crippen molar-refractivity contribution in [1.29, 1.82) is 5.26 Å². The lowest BCUT2D eigenvalue weighted by Gasteiger charge is -2.07. The maximum absolute atomic E-state index is 14.1. The van der Waals surface area contributed by atoms with Crippen LogP contribution >= 0.6 is 0 Å². The molecule has 5 heteroatoms. The van der Waals surface area contributed by atoms with Gasteiger partial charge in [-0.2, -0.15) is 5.26 Å². The van der Waals surface area contributed by atoms with Crippen molar-refractivity contribution in [3.8, 4) is 17.2 Å². The molecule has 19 heavy (non-hydrogen) atoms. The molecule has 1 heterocycles. The van der Waals surface area contributed by atoms with Crippen molar-refractivity contribution >= 4 is 12.6 Å². The van der Waals surface area contributed by atoms with Gasteiger partial charge in [0.15, 0.2) is 0 Å². The molecule has 3 rings (SSSR count). The van der Waals surface area contributed by atoms with Crippen LogP contribution in [0.25, 0.3) is 11.1 Å². The van der Waals surface area contributed by atoms with E-state index in [0.29, 0.717) is 27.7 Å². The molecule has 0 aliphatic carbocycles. The third kappa shape index (κ3) is 2.01. The zero-order valence-corrected chi connectivity index (χ0v) is 9.93. The zero-order valence-electron chi connectivity index (χ0n) is 9.93. The number of hydrogen-bond donors (Lipinski definition) is 1. The van der Waals surface area contributed by atoms with Crippen molar-refractivity contribution in [2.75, 3.05) is 0 Å². The van der Waals surface area contributed by atoms with Gasteiger partial charge in [0.2, 0.25) is 0 Å². The molecule has 1 aliphatic rings. The third-order valence-corrected chi connectivity index (χ3v) is 3.19. The standard InChI is InChI=1S/C14H9BFNO2/c16-14-5-11-8-19-15(18)13(11)6-12(14)10-3-1-2-9(4-10)7-17/h1-6,18H,8H2.